The first kappa shape index (κ1) is 22.2. The summed E-state index contributed by atoms with van der Waals surface area (Å²) in [5, 5.41) is 7.06. The highest BCUT2D eigenvalue weighted by Gasteiger charge is 2.19. The lowest BCUT2D eigenvalue weighted by atomic mass is 9.95. The van der Waals surface area contributed by atoms with Crippen molar-refractivity contribution in [2.75, 3.05) is 5.32 Å². The SMILES string of the molecule is Cc1cc(C(=O)NC2CCCCC2)ccc1NC(=O)c1sc(Cc2ccccc2)nc1C. The number of anilines is 1. The maximum Gasteiger partial charge on any atom is 0.267 e. The average molecular weight is 448 g/mol. The summed E-state index contributed by atoms with van der Waals surface area (Å²) in [6, 6.07) is 15.8. The lowest BCUT2D eigenvalue weighted by Crippen LogP contribution is -2.36. The van der Waals surface area contributed by atoms with Gasteiger partial charge < -0.3 is 10.6 Å². The van der Waals surface area contributed by atoms with Crippen molar-refractivity contribution in [3.63, 3.8) is 0 Å². The number of aryl methyl sites for hydroxylation is 2. The van der Waals surface area contributed by atoms with Crippen molar-refractivity contribution in [2.24, 2.45) is 0 Å². The number of benzene rings is 2. The van der Waals surface area contributed by atoms with Crippen LogP contribution in [0.15, 0.2) is 48.5 Å². The summed E-state index contributed by atoms with van der Waals surface area (Å²) in [5.74, 6) is -0.205. The smallest absolute Gasteiger partial charge is 0.267 e. The number of carbonyl (C=O) groups is 2. The molecule has 1 fully saturated rings. The molecule has 0 saturated heterocycles. The highest BCUT2D eigenvalue weighted by Crippen LogP contribution is 2.24. The first-order valence-electron chi connectivity index (χ1n) is 11.2. The topological polar surface area (TPSA) is 71.1 Å². The zero-order chi connectivity index (χ0) is 22.5. The second-order valence-corrected chi connectivity index (χ2v) is 9.56. The number of rotatable bonds is 6. The molecule has 1 aromatic heterocycles. The van der Waals surface area contributed by atoms with E-state index in [1.807, 2.05) is 44.2 Å². The maximum atomic E-state index is 12.9. The molecule has 1 aliphatic rings. The molecule has 2 N–H and O–H groups in total. The van der Waals surface area contributed by atoms with Gasteiger partial charge in [-0.25, -0.2) is 4.98 Å². The Kier molecular flexibility index (Phi) is 7.00. The van der Waals surface area contributed by atoms with Crippen molar-refractivity contribution in [3.05, 3.63) is 80.8 Å². The summed E-state index contributed by atoms with van der Waals surface area (Å²) >= 11 is 1.43. The van der Waals surface area contributed by atoms with Crippen LogP contribution in [0.2, 0.25) is 0 Å². The van der Waals surface area contributed by atoms with Gasteiger partial charge in [-0.1, -0.05) is 49.6 Å². The van der Waals surface area contributed by atoms with E-state index in [2.05, 4.69) is 27.8 Å². The summed E-state index contributed by atoms with van der Waals surface area (Å²) in [6.45, 7) is 3.78. The van der Waals surface area contributed by atoms with Crippen LogP contribution in [0, 0.1) is 13.8 Å². The van der Waals surface area contributed by atoms with Gasteiger partial charge in [0.15, 0.2) is 0 Å². The van der Waals surface area contributed by atoms with E-state index in [1.165, 1.54) is 36.2 Å². The van der Waals surface area contributed by atoms with Crippen molar-refractivity contribution < 1.29 is 9.59 Å². The molecule has 0 radical (unpaired) electrons. The van der Waals surface area contributed by atoms with Crippen LogP contribution >= 0.6 is 11.3 Å². The Labute approximate surface area is 193 Å². The third-order valence-corrected chi connectivity index (χ3v) is 7.08. The second-order valence-electron chi connectivity index (χ2n) is 8.48. The first-order valence-corrected chi connectivity index (χ1v) is 12.0. The summed E-state index contributed by atoms with van der Waals surface area (Å²) < 4.78 is 0. The molecule has 0 atom stereocenters. The van der Waals surface area contributed by atoms with Crippen molar-refractivity contribution in [2.45, 2.75) is 58.4 Å². The number of hydrogen-bond acceptors (Lipinski definition) is 4. The summed E-state index contributed by atoms with van der Waals surface area (Å²) in [5.41, 5.74) is 4.11. The minimum atomic E-state index is -0.165. The van der Waals surface area contributed by atoms with E-state index < -0.39 is 0 Å². The molecule has 4 rings (SSSR count). The average Bonchev–Trinajstić information content (AvgIpc) is 3.16. The van der Waals surface area contributed by atoms with Crippen LogP contribution < -0.4 is 10.6 Å². The van der Waals surface area contributed by atoms with Gasteiger partial charge in [-0.15, -0.1) is 11.3 Å². The quantitative estimate of drug-likeness (QED) is 0.512. The molecular formula is C26H29N3O2S. The summed E-state index contributed by atoms with van der Waals surface area (Å²) in [6.07, 6.45) is 6.44. The number of amides is 2. The molecule has 1 saturated carbocycles. The lowest BCUT2D eigenvalue weighted by molar-refractivity contribution is 0.0927. The third-order valence-electron chi connectivity index (χ3n) is 5.92. The Morgan fingerprint density at radius 1 is 1.00 bits per heavy atom. The van der Waals surface area contributed by atoms with Crippen molar-refractivity contribution >= 4 is 28.8 Å². The molecule has 2 aromatic carbocycles. The van der Waals surface area contributed by atoms with Gasteiger partial charge in [-0.2, -0.15) is 0 Å². The van der Waals surface area contributed by atoms with E-state index in [4.69, 9.17) is 0 Å². The van der Waals surface area contributed by atoms with Gasteiger partial charge in [-0.05, 0) is 56.0 Å². The molecule has 3 aromatic rings. The molecule has 0 unspecified atom stereocenters. The normalized spacial score (nSPS) is 14.2. The highest BCUT2D eigenvalue weighted by molar-refractivity contribution is 7.14. The lowest BCUT2D eigenvalue weighted by Gasteiger charge is -2.23. The fraction of sp³-hybridized carbons (Fsp3) is 0.346. The fourth-order valence-electron chi connectivity index (χ4n) is 4.15. The zero-order valence-electron chi connectivity index (χ0n) is 18.6. The number of hydrogen-bond donors (Lipinski definition) is 2. The van der Waals surface area contributed by atoms with Crippen LogP contribution in [0.3, 0.4) is 0 Å². The van der Waals surface area contributed by atoms with E-state index in [0.29, 0.717) is 22.5 Å². The van der Waals surface area contributed by atoms with E-state index in [9.17, 15) is 9.59 Å². The van der Waals surface area contributed by atoms with Gasteiger partial charge in [-0.3, -0.25) is 9.59 Å². The molecular weight excluding hydrogens is 418 g/mol. The standard InChI is InChI=1S/C26H29N3O2S/c1-17-15-20(25(30)28-21-11-7-4-8-12-21)13-14-22(17)29-26(31)24-18(2)27-23(32-24)16-19-9-5-3-6-10-19/h3,5-6,9-10,13-15,21H,4,7-8,11-12,16H2,1-2H3,(H,28,30)(H,29,31). The molecule has 2 amide bonds. The van der Waals surface area contributed by atoms with Crippen LogP contribution in [-0.2, 0) is 6.42 Å². The Balaban J connectivity index is 1.41. The van der Waals surface area contributed by atoms with Gasteiger partial charge in [0.1, 0.15) is 4.88 Å². The van der Waals surface area contributed by atoms with Gasteiger partial charge in [0.25, 0.3) is 11.8 Å². The van der Waals surface area contributed by atoms with Gasteiger partial charge in [0, 0.05) is 23.7 Å². The summed E-state index contributed by atoms with van der Waals surface area (Å²) in [7, 11) is 0. The number of nitrogens with one attached hydrogen (secondary N) is 2. The minimum Gasteiger partial charge on any atom is -0.349 e. The molecule has 32 heavy (non-hydrogen) atoms. The Morgan fingerprint density at radius 3 is 2.47 bits per heavy atom. The monoisotopic (exact) mass is 447 g/mol. The molecule has 0 spiro atoms. The molecule has 1 heterocycles. The number of thiazole rings is 1. The fourth-order valence-corrected chi connectivity index (χ4v) is 5.14. The highest BCUT2D eigenvalue weighted by atomic mass is 32.1. The third kappa shape index (κ3) is 5.43. The largest absolute Gasteiger partial charge is 0.349 e. The molecule has 0 aliphatic heterocycles. The van der Waals surface area contributed by atoms with Crippen LogP contribution in [0.1, 0.15) is 74.0 Å². The number of aromatic nitrogens is 1. The maximum absolute atomic E-state index is 12.9. The molecule has 5 nitrogen and oxygen atoms in total. The second kappa shape index (κ2) is 10.1. The van der Waals surface area contributed by atoms with E-state index in [1.54, 1.807) is 6.07 Å². The Morgan fingerprint density at radius 2 is 1.75 bits per heavy atom. The first-order chi connectivity index (χ1) is 15.5. The Hall–Kier alpha value is -2.99. The predicted octanol–water partition coefficient (Wildman–Crippen LogP) is 5.67. The number of nitrogens with zero attached hydrogens (tertiary/aromatic N) is 1. The molecule has 0 bridgehead atoms. The van der Waals surface area contributed by atoms with Crippen molar-refractivity contribution in [1.82, 2.24) is 10.3 Å². The molecule has 6 heteroatoms. The Bertz CT molecular complexity index is 1100. The molecule has 1 aliphatic carbocycles. The minimum absolute atomic E-state index is 0.0401. The predicted molar refractivity (Wildman–Crippen MR) is 130 cm³/mol. The molecule has 166 valence electrons. The van der Waals surface area contributed by atoms with Crippen LogP contribution in [0.4, 0.5) is 5.69 Å². The van der Waals surface area contributed by atoms with Gasteiger partial charge in [0.05, 0.1) is 10.7 Å². The number of carbonyl (C=O) groups excluding carboxylic acids is 2. The van der Waals surface area contributed by atoms with E-state index >= 15 is 0 Å². The van der Waals surface area contributed by atoms with E-state index in [0.717, 1.165) is 29.1 Å². The van der Waals surface area contributed by atoms with Gasteiger partial charge >= 0.3 is 0 Å². The zero-order valence-corrected chi connectivity index (χ0v) is 19.4. The van der Waals surface area contributed by atoms with Crippen LogP contribution in [0.5, 0.6) is 0 Å². The van der Waals surface area contributed by atoms with Gasteiger partial charge in [0.2, 0.25) is 0 Å². The van der Waals surface area contributed by atoms with Crippen molar-refractivity contribution in [3.8, 4) is 0 Å². The van der Waals surface area contributed by atoms with Crippen LogP contribution in [0.25, 0.3) is 0 Å². The van der Waals surface area contributed by atoms with E-state index in [-0.39, 0.29) is 17.9 Å². The summed E-state index contributed by atoms with van der Waals surface area (Å²) in [4.78, 5) is 30.7. The van der Waals surface area contributed by atoms with Crippen molar-refractivity contribution in [1.29, 1.82) is 0 Å². The van der Waals surface area contributed by atoms with Crippen LogP contribution in [-0.4, -0.2) is 22.8 Å².